The van der Waals surface area contributed by atoms with Crippen LogP contribution in [0.1, 0.15) is 42.5 Å². The lowest BCUT2D eigenvalue weighted by Crippen LogP contribution is -2.52. The zero-order valence-corrected chi connectivity index (χ0v) is 23.1. The van der Waals surface area contributed by atoms with Crippen LogP contribution in [-0.2, 0) is 28.3 Å². The minimum Gasteiger partial charge on any atom is -0.497 e. The summed E-state index contributed by atoms with van der Waals surface area (Å²) in [7, 11) is 1.63. The van der Waals surface area contributed by atoms with Crippen molar-refractivity contribution in [1.29, 1.82) is 0 Å². The molecule has 37 heavy (non-hydrogen) atoms. The van der Waals surface area contributed by atoms with E-state index >= 15 is 0 Å². The predicted octanol–water partition coefficient (Wildman–Crippen LogP) is 5.79. The third kappa shape index (κ3) is 8.67. The van der Waals surface area contributed by atoms with Crippen LogP contribution in [-0.4, -0.2) is 41.7 Å². The molecular formula is C31H38N2O3S. The lowest BCUT2D eigenvalue weighted by atomic mass is 10.0. The molecule has 0 aliphatic heterocycles. The first-order valence-corrected chi connectivity index (χ1v) is 14.0. The Morgan fingerprint density at radius 1 is 0.973 bits per heavy atom. The molecule has 0 aliphatic carbocycles. The molecule has 0 unspecified atom stereocenters. The Morgan fingerprint density at radius 3 is 2.38 bits per heavy atom. The number of hydrogen-bond acceptors (Lipinski definition) is 4. The van der Waals surface area contributed by atoms with Crippen molar-refractivity contribution in [2.24, 2.45) is 0 Å². The van der Waals surface area contributed by atoms with Gasteiger partial charge in [-0.2, -0.15) is 0 Å². The van der Waals surface area contributed by atoms with E-state index in [0.29, 0.717) is 18.7 Å². The highest BCUT2D eigenvalue weighted by atomic mass is 32.2. The molecule has 0 radical (unpaired) electrons. The molecule has 0 heterocycles. The van der Waals surface area contributed by atoms with Gasteiger partial charge in [-0.05, 0) is 54.7 Å². The highest BCUT2D eigenvalue weighted by Gasteiger charge is 2.31. The van der Waals surface area contributed by atoms with Gasteiger partial charge in [0, 0.05) is 24.8 Å². The summed E-state index contributed by atoms with van der Waals surface area (Å²) in [6.45, 7) is 6.44. The summed E-state index contributed by atoms with van der Waals surface area (Å²) in [5, 5.41) is 3.12. The molecule has 2 atom stereocenters. The topological polar surface area (TPSA) is 58.6 Å². The normalized spacial score (nSPS) is 12.4. The van der Waals surface area contributed by atoms with Crippen molar-refractivity contribution < 1.29 is 14.3 Å². The van der Waals surface area contributed by atoms with E-state index in [4.69, 9.17) is 4.74 Å². The number of carbonyl (C=O) groups excluding carboxylic acids is 2. The Morgan fingerprint density at radius 2 is 1.68 bits per heavy atom. The highest BCUT2D eigenvalue weighted by Crippen LogP contribution is 2.21. The molecule has 3 aromatic rings. The molecule has 0 saturated carbocycles. The van der Waals surface area contributed by atoms with Crippen LogP contribution < -0.4 is 10.1 Å². The lowest BCUT2D eigenvalue weighted by Gasteiger charge is -2.32. The van der Waals surface area contributed by atoms with Gasteiger partial charge < -0.3 is 15.0 Å². The molecule has 3 rings (SSSR count). The number of nitrogens with one attached hydrogen (secondary N) is 1. The largest absolute Gasteiger partial charge is 0.497 e. The second kappa shape index (κ2) is 14.5. The molecule has 1 N–H and O–H groups in total. The van der Waals surface area contributed by atoms with E-state index in [0.717, 1.165) is 29.1 Å². The molecule has 0 bridgehead atoms. The molecule has 0 spiro atoms. The quantitative estimate of drug-likeness (QED) is 0.311. The van der Waals surface area contributed by atoms with Gasteiger partial charge in [0.2, 0.25) is 11.8 Å². The summed E-state index contributed by atoms with van der Waals surface area (Å²) in [4.78, 5) is 29.1. The predicted molar refractivity (Wildman–Crippen MR) is 153 cm³/mol. The molecule has 2 amide bonds. The summed E-state index contributed by atoms with van der Waals surface area (Å²) >= 11 is 1.58. The number of benzene rings is 3. The number of ether oxygens (including phenoxy) is 1. The van der Waals surface area contributed by atoms with Crippen LogP contribution >= 0.6 is 11.8 Å². The van der Waals surface area contributed by atoms with Crippen LogP contribution in [0.3, 0.4) is 0 Å². The van der Waals surface area contributed by atoms with Gasteiger partial charge in [0.15, 0.2) is 0 Å². The fourth-order valence-electron chi connectivity index (χ4n) is 4.07. The van der Waals surface area contributed by atoms with E-state index < -0.39 is 6.04 Å². The van der Waals surface area contributed by atoms with E-state index in [1.165, 1.54) is 11.1 Å². The van der Waals surface area contributed by atoms with Gasteiger partial charge in [0.05, 0.1) is 12.9 Å². The van der Waals surface area contributed by atoms with Crippen molar-refractivity contribution >= 4 is 23.6 Å². The second-order valence-corrected chi connectivity index (χ2v) is 10.3. The maximum absolute atomic E-state index is 13.8. The molecule has 196 valence electrons. The van der Waals surface area contributed by atoms with Crippen LogP contribution in [0, 0.1) is 6.92 Å². The lowest BCUT2D eigenvalue weighted by molar-refractivity contribution is -0.139. The summed E-state index contributed by atoms with van der Waals surface area (Å²) < 4.78 is 5.41. The number of rotatable bonds is 13. The average Bonchev–Trinajstić information content (AvgIpc) is 2.92. The van der Waals surface area contributed by atoms with Gasteiger partial charge in [-0.1, -0.05) is 73.7 Å². The van der Waals surface area contributed by atoms with Gasteiger partial charge in [-0.15, -0.1) is 11.8 Å². The van der Waals surface area contributed by atoms with E-state index in [-0.39, 0.29) is 17.9 Å². The van der Waals surface area contributed by atoms with Crippen molar-refractivity contribution in [2.45, 2.75) is 58.0 Å². The third-order valence-electron chi connectivity index (χ3n) is 6.50. The van der Waals surface area contributed by atoms with Gasteiger partial charge in [0.25, 0.3) is 0 Å². The average molecular weight is 519 g/mol. The van der Waals surface area contributed by atoms with Gasteiger partial charge >= 0.3 is 0 Å². The number of aryl methyl sites for hydroxylation is 1. The molecule has 0 aliphatic rings. The van der Waals surface area contributed by atoms with Crippen LogP contribution in [0.5, 0.6) is 5.75 Å². The summed E-state index contributed by atoms with van der Waals surface area (Å²) in [5.41, 5.74) is 4.37. The van der Waals surface area contributed by atoms with Crippen molar-refractivity contribution in [3.8, 4) is 5.75 Å². The molecule has 0 saturated heterocycles. The van der Waals surface area contributed by atoms with Crippen LogP contribution in [0.15, 0.2) is 78.9 Å². The van der Waals surface area contributed by atoms with E-state index in [1.807, 2.05) is 80.6 Å². The van der Waals surface area contributed by atoms with Crippen molar-refractivity contribution in [3.05, 3.63) is 101 Å². The van der Waals surface area contributed by atoms with E-state index in [1.54, 1.807) is 23.8 Å². The van der Waals surface area contributed by atoms with Gasteiger partial charge in [-0.3, -0.25) is 9.59 Å². The molecule has 0 fully saturated rings. The zero-order chi connectivity index (χ0) is 26.6. The molecule has 5 nitrogen and oxygen atoms in total. The monoisotopic (exact) mass is 518 g/mol. The van der Waals surface area contributed by atoms with E-state index in [9.17, 15) is 9.59 Å². The first-order chi connectivity index (χ1) is 17.9. The maximum atomic E-state index is 13.8. The Labute approximate surface area is 225 Å². The summed E-state index contributed by atoms with van der Waals surface area (Å²) in [6, 6.07) is 25.2. The number of carbonyl (C=O) groups is 2. The van der Waals surface area contributed by atoms with Gasteiger partial charge in [0.1, 0.15) is 11.8 Å². The van der Waals surface area contributed by atoms with Crippen LogP contribution in [0.4, 0.5) is 0 Å². The van der Waals surface area contributed by atoms with Crippen LogP contribution in [0.25, 0.3) is 0 Å². The minimum absolute atomic E-state index is 0.0231. The maximum Gasteiger partial charge on any atom is 0.243 e. The van der Waals surface area contributed by atoms with E-state index in [2.05, 4.69) is 24.4 Å². The number of thioether (sulfide) groups is 1. The fraction of sp³-hybridized carbons (Fsp3) is 0.355. The Bertz CT molecular complexity index is 1150. The molecule has 3 aromatic carbocycles. The molecule has 0 aromatic heterocycles. The standard InChI is InChI=1S/C31H38N2O3S/c1-5-24(3)32-31(35)29(19-25-13-7-6-8-14-25)33(20-26-15-11-17-28(18-26)36-4)30(34)22-37-21-27-16-10-9-12-23(27)2/h6-18,24,29H,5,19-22H2,1-4H3,(H,32,35)/t24-,29+/m0/s1. The number of methoxy groups -OCH3 is 1. The molecule has 6 heteroatoms. The fourth-order valence-corrected chi connectivity index (χ4v) is 5.05. The first-order valence-electron chi connectivity index (χ1n) is 12.8. The Kier molecular flexibility index (Phi) is 11.1. The number of nitrogens with zero attached hydrogens (tertiary/aromatic N) is 1. The Hall–Kier alpha value is -3.25. The number of hydrogen-bond donors (Lipinski definition) is 1. The van der Waals surface area contributed by atoms with Crippen molar-refractivity contribution in [3.63, 3.8) is 0 Å². The summed E-state index contributed by atoms with van der Waals surface area (Å²) in [6.07, 6.45) is 1.27. The summed E-state index contributed by atoms with van der Waals surface area (Å²) in [5.74, 6) is 1.58. The zero-order valence-electron chi connectivity index (χ0n) is 22.3. The smallest absolute Gasteiger partial charge is 0.243 e. The van der Waals surface area contributed by atoms with Crippen molar-refractivity contribution in [1.82, 2.24) is 10.2 Å². The van der Waals surface area contributed by atoms with Crippen LogP contribution in [0.2, 0.25) is 0 Å². The number of amides is 2. The van der Waals surface area contributed by atoms with Crippen molar-refractivity contribution in [2.75, 3.05) is 12.9 Å². The van der Waals surface area contributed by atoms with Gasteiger partial charge in [-0.25, -0.2) is 0 Å². The highest BCUT2D eigenvalue weighted by molar-refractivity contribution is 7.99. The first kappa shape index (κ1) is 28.3. The SMILES string of the molecule is CC[C@H](C)NC(=O)[C@@H](Cc1ccccc1)N(Cc1cccc(OC)c1)C(=O)CSCc1ccccc1C. The minimum atomic E-state index is -0.630. The third-order valence-corrected chi connectivity index (χ3v) is 7.47. The Balaban J connectivity index is 1.88. The second-order valence-electron chi connectivity index (χ2n) is 9.32. The molecular weight excluding hydrogens is 480 g/mol.